The number of carbonyl (C=O) groups excluding carboxylic acids is 2. The summed E-state index contributed by atoms with van der Waals surface area (Å²) < 4.78 is 5.65. The molecular formula is C27H30N2O5. The van der Waals surface area contributed by atoms with Gasteiger partial charge in [0, 0.05) is 12.0 Å². The first-order valence-electron chi connectivity index (χ1n) is 12.0. The average molecular weight is 463 g/mol. The van der Waals surface area contributed by atoms with Crippen LogP contribution < -0.4 is 5.32 Å². The third-order valence-electron chi connectivity index (χ3n) is 8.13. The Labute approximate surface area is 199 Å². The number of alkyl carbamates (subject to hydrolysis) is 1. The minimum absolute atomic E-state index is 0.0774. The lowest BCUT2D eigenvalue weighted by Crippen LogP contribution is -2.62. The number of amides is 2. The molecule has 7 heteroatoms. The first-order valence-corrected chi connectivity index (χ1v) is 12.0. The van der Waals surface area contributed by atoms with Crippen LogP contribution in [0.1, 0.15) is 63.0 Å². The quantitative estimate of drug-likeness (QED) is 0.667. The molecule has 2 fully saturated rings. The van der Waals surface area contributed by atoms with Gasteiger partial charge >= 0.3 is 12.1 Å². The molecule has 2 heterocycles. The normalized spacial score (nSPS) is 24.3. The van der Waals surface area contributed by atoms with Crippen molar-refractivity contribution in [2.45, 2.75) is 69.0 Å². The summed E-state index contributed by atoms with van der Waals surface area (Å²) in [7, 11) is 0. The number of ether oxygens (including phenoxy) is 1. The van der Waals surface area contributed by atoms with E-state index in [0.717, 1.165) is 22.3 Å². The third kappa shape index (κ3) is 3.29. The van der Waals surface area contributed by atoms with Crippen molar-refractivity contribution in [2.75, 3.05) is 6.61 Å². The second-order valence-electron chi connectivity index (χ2n) is 9.88. The molecule has 34 heavy (non-hydrogen) atoms. The fourth-order valence-electron chi connectivity index (χ4n) is 6.02. The molecule has 0 spiro atoms. The Hall–Kier alpha value is -3.35. The SMILES string of the molecule is CCC(C)(NC(=O)OCC1c2ccccc2-c2ccccc21)C(=O)N1C2CCC1(C(=O)O)CC2. The molecule has 2 bridgehead atoms. The van der Waals surface area contributed by atoms with Gasteiger partial charge in [0.15, 0.2) is 0 Å². The molecule has 7 nitrogen and oxygen atoms in total. The van der Waals surface area contributed by atoms with Crippen molar-refractivity contribution in [3.63, 3.8) is 0 Å². The Morgan fingerprint density at radius 3 is 2.15 bits per heavy atom. The number of hydrogen-bond acceptors (Lipinski definition) is 4. The van der Waals surface area contributed by atoms with Crippen LogP contribution in [-0.2, 0) is 14.3 Å². The van der Waals surface area contributed by atoms with E-state index in [9.17, 15) is 19.5 Å². The van der Waals surface area contributed by atoms with Crippen LogP contribution in [0.5, 0.6) is 0 Å². The second kappa shape index (κ2) is 8.15. The Kier molecular flexibility index (Phi) is 5.38. The van der Waals surface area contributed by atoms with Gasteiger partial charge in [-0.2, -0.15) is 0 Å². The van der Waals surface area contributed by atoms with Gasteiger partial charge in [-0.1, -0.05) is 55.5 Å². The zero-order chi connectivity index (χ0) is 24.1. The molecule has 178 valence electrons. The molecule has 2 aliphatic heterocycles. The van der Waals surface area contributed by atoms with Gasteiger partial charge in [-0.3, -0.25) is 4.79 Å². The maximum atomic E-state index is 13.6. The fraction of sp³-hybridized carbons (Fsp3) is 0.444. The minimum atomic E-state index is -1.24. The van der Waals surface area contributed by atoms with E-state index >= 15 is 0 Å². The van der Waals surface area contributed by atoms with Gasteiger partial charge in [0.2, 0.25) is 5.91 Å². The number of hydrogen-bond donors (Lipinski definition) is 2. The summed E-state index contributed by atoms with van der Waals surface area (Å²) >= 11 is 0. The molecule has 1 aliphatic carbocycles. The molecule has 3 aliphatic rings. The number of fused-ring (bicyclic) bond motifs is 5. The zero-order valence-corrected chi connectivity index (χ0v) is 19.5. The van der Waals surface area contributed by atoms with Crippen LogP contribution in [0, 0.1) is 0 Å². The van der Waals surface area contributed by atoms with Crippen molar-refractivity contribution in [1.82, 2.24) is 10.2 Å². The number of rotatable bonds is 6. The lowest BCUT2D eigenvalue weighted by molar-refractivity contribution is -0.158. The highest BCUT2D eigenvalue weighted by Crippen LogP contribution is 2.48. The van der Waals surface area contributed by atoms with Crippen LogP contribution in [0.3, 0.4) is 0 Å². The molecular weight excluding hydrogens is 432 g/mol. The number of carboxylic acid groups (broad SMARTS) is 1. The van der Waals surface area contributed by atoms with E-state index in [1.54, 1.807) is 6.92 Å². The maximum Gasteiger partial charge on any atom is 0.408 e. The fourth-order valence-corrected chi connectivity index (χ4v) is 6.02. The second-order valence-corrected chi connectivity index (χ2v) is 9.88. The maximum absolute atomic E-state index is 13.6. The molecule has 2 N–H and O–H groups in total. The van der Waals surface area contributed by atoms with Crippen LogP contribution >= 0.6 is 0 Å². The van der Waals surface area contributed by atoms with E-state index in [-0.39, 0.29) is 24.5 Å². The number of carboxylic acids is 1. The highest BCUT2D eigenvalue weighted by Gasteiger charge is 2.61. The van der Waals surface area contributed by atoms with E-state index in [1.807, 2.05) is 31.2 Å². The number of nitrogens with zero attached hydrogens (tertiary/aromatic N) is 1. The molecule has 1 unspecified atom stereocenters. The first-order chi connectivity index (χ1) is 16.3. The smallest absolute Gasteiger partial charge is 0.408 e. The summed E-state index contributed by atoms with van der Waals surface area (Å²) in [6, 6.07) is 16.1. The number of benzene rings is 2. The molecule has 0 saturated carbocycles. The largest absolute Gasteiger partial charge is 0.479 e. The average Bonchev–Trinajstić information content (AvgIpc) is 3.51. The van der Waals surface area contributed by atoms with Crippen LogP contribution in [0.4, 0.5) is 4.79 Å². The minimum Gasteiger partial charge on any atom is -0.479 e. The van der Waals surface area contributed by atoms with Gasteiger partial charge in [0.05, 0.1) is 0 Å². The summed E-state index contributed by atoms with van der Waals surface area (Å²) in [6.45, 7) is 3.62. The Morgan fingerprint density at radius 2 is 1.62 bits per heavy atom. The van der Waals surface area contributed by atoms with Gasteiger partial charge in [0.25, 0.3) is 0 Å². The Bertz CT molecular complexity index is 1110. The summed E-state index contributed by atoms with van der Waals surface area (Å²) in [5, 5.41) is 12.7. The van der Waals surface area contributed by atoms with E-state index in [2.05, 4.69) is 29.6 Å². The predicted molar refractivity (Wildman–Crippen MR) is 126 cm³/mol. The topological polar surface area (TPSA) is 95.9 Å². The van der Waals surface area contributed by atoms with Crippen molar-refractivity contribution < 1.29 is 24.2 Å². The van der Waals surface area contributed by atoms with Gasteiger partial charge in [0.1, 0.15) is 17.7 Å². The van der Waals surface area contributed by atoms with E-state index in [1.165, 1.54) is 4.90 Å². The summed E-state index contributed by atoms with van der Waals surface area (Å²) in [4.78, 5) is 40.1. The molecule has 2 saturated heterocycles. The molecule has 5 rings (SSSR count). The number of nitrogens with one attached hydrogen (secondary N) is 1. The number of aliphatic carboxylic acids is 1. The van der Waals surface area contributed by atoms with Crippen molar-refractivity contribution in [1.29, 1.82) is 0 Å². The molecule has 2 amide bonds. The molecule has 1 atom stereocenters. The van der Waals surface area contributed by atoms with Crippen molar-refractivity contribution in [3.05, 3.63) is 59.7 Å². The van der Waals surface area contributed by atoms with Crippen LogP contribution in [0.2, 0.25) is 0 Å². The third-order valence-corrected chi connectivity index (χ3v) is 8.13. The molecule has 2 aromatic rings. The highest BCUT2D eigenvalue weighted by molar-refractivity contribution is 5.95. The van der Waals surface area contributed by atoms with Gasteiger partial charge in [-0.25, -0.2) is 9.59 Å². The van der Waals surface area contributed by atoms with Gasteiger partial charge in [-0.05, 0) is 61.3 Å². The molecule has 2 aromatic carbocycles. The Balaban J connectivity index is 1.31. The summed E-state index contributed by atoms with van der Waals surface area (Å²) in [6.07, 6.45) is 1.95. The van der Waals surface area contributed by atoms with Crippen molar-refractivity contribution in [2.24, 2.45) is 0 Å². The van der Waals surface area contributed by atoms with Crippen LogP contribution in [-0.4, -0.2) is 51.7 Å². The van der Waals surface area contributed by atoms with Crippen molar-refractivity contribution >= 4 is 18.0 Å². The molecule has 0 radical (unpaired) electrons. The summed E-state index contributed by atoms with van der Waals surface area (Å²) in [5.74, 6) is -1.38. The monoisotopic (exact) mass is 462 g/mol. The Morgan fingerprint density at radius 1 is 1.06 bits per heavy atom. The predicted octanol–water partition coefficient (Wildman–Crippen LogP) is 4.30. The van der Waals surface area contributed by atoms with E-state index in [0.29, 0.717) is 32.1 Å². The van der Waals surface area contributed by atoms with Crippen LogP contribution in [0.15, 0.2) is 48.5 Å². The zero-order valence-electron chi connectivity index (χ0n) is 19.5. The summed E-state index contributed by atoms with van der Waals surface area (Å²) in [5.41, 5.74) is 2.12. The van der Waals surface area contributed by atoms with Crippen LogP contribution in [0.25, 0.3) is 11.1 Å². The van der Waals surface area contributed by atoms with E-state index < -0.39 is 23.1 Å². The highest BCUT2D eigenvalue weighted by atomic mass is 16.5. The molecule has 0 aromatic heterocycles. The standard InChI is InChI=1S/C27H30N2O5/c1-3-26(2,23(30)29-17-12-14-27(29,15-13-17)24(31)32)28-25(33)34-16-22-20-10-6-4-8-18(20)19-9-5-7-11-21(19)22/h4-11,17,22H,3,12-16H2,1-2H3,(H,28,33)(H,31,32). The number of carbonyl (C=O) groups is 3. The first kappa shape index (κ1) is 22.4. The van der Waals surface area contributed by atoms with E-state index in [4.69, 9.17) is 4.74 Å². The van der Waals surface area contributed by atoms with Crippen molar-refractivity contribution in [3.8, 4) is 11.1 Å². The lowest BCUT2D eigenvalue weighted by Gasteiger charge is -2.38. The van der Waals surface area contributed by atoms with Gasteiger partial charge < -0.3 is 20.1 Å². The lowest BCUT2D eigenvalue weighted by atomic mass is 9.87. The van der Waals surface area contributed by atoms with Gasteiger partial charge in [-0.15, -0.1) is 0 Å².